The lowest BCUT2D eigenvalue weighted by Crippen LogP contribution is -2.53. The molecule has 0 rings (SSSR count). The summed E-state index contributed by atoms with van der Waals surface area (Å²) in [6.07, 6.45) is 3.72. The molecule has 0 aliphatic rings. The largest absolute Gasteiger partial charge is 0.504 e. The molecule has 0 fully saturated rings. The zero-order valence-electron chi connectivity index (χ0n) is 15.9. The molecule has 0 aromatic rings. The molecule has 0 aliphatic carbocycles. The highest BCUT2D eigenvalue weighted by molar-refractivity contribution is 8.13. The van der Waals surface area contributed by atoms with Gasteiger partial charge in [-0.25, -0.2) is 0 Å². The van der Waals surface area contributed by atoms with Crippen LogP contribution in [0.4, 0.5) is 0 Å². The Balaban J connectivity index is 5.55. The van der Waals surface area contributed by atoms with Crippen molar-refractivity contribution in [2.45, 2.75) is 72.8 Å². The van der Waals surface area contributed by atoms with E-state index in [2.05, 4.69) is 20.8 Å². The molecule has 0 aliphatic heterocycles. The maximum Gasteiger partial charge on any atom is 0.504 e. The summed E-state index contributed by atoms with van der Waals surface area (Å²) in [5, 5.41) is 0.267. The van der Waals surface area contributed by atoms with Crippen LogP contribution in [-0.2, 0) is 18.1 Å². The van der Waals surface area contributed by atoms with E-state index in [0.717, 1.165) is 31.4 Å². The Morgan fingerprint density at radius 3 is 1.78 bits per heavy atom. The van der Waals surface area contributed by atoms with Crippen LogP contribution in [0.3, 0.4) is 0 Å². The molecule has 0 saturated carbocycles. The zero-order valence-corrected chi connectivity index (χ0v) is 17.7. The van der Waals surface area contributed by atoms with Crippen molar-refractivity contribution in [2.75, 3.05) is 25.6 Å². The van der Waals surface area contributed by atoms with Crippen LogP contribution in [0.1, 0.15) is 67.2 Å². The van der Waals surface area contributed by atoms with Crippen molar-refractivity contribution >= 4 is 25.7 Å². The minimum absolute atomic E-state index is 0.0502. The lowest BCUT2D eigenvalue weighted by Gasteiger charge is -2.38. The Morgan fingerprint density at radius 1 is 0.913 bits per heavy atom. The first-order valence-corrected chi connectivity index (χ1v) is 11.9. The third-order valence-electron chi connectivity index (χ3n) is 3.77. The van der Waals surface area contributed by atoms with Crippen molar-refractivity contribution in [3.05, 3.63) is 0 Å². The van der Waals surface area contributed by atoms with Crippen LogP contribution < -0.4 is 0 Å². The first-order valence-electron chi connectivity index (χ1n) is 9.15. The quantitative estimate of drug-likeness (QED) is 0.410. The van der Waals surface area contributed by atoms with Crippen LogP contribution in [0.5, 0.6) is 0 Å². The van der Waals surface area contributed by atoms with E-state index in [0.29, 0.717) is 19.8 Å². The number of carbonyl (C=O) groups is 1. The van der Waals surface area contributed by atoms with Gasteiger partial charge in [-0.1, -0.05) is 39.0 Å². The van der Waals surface area contributed by atoms with Crippen LogP contribution in [0.2, 0.25) is 5.54 Å². The standard InChI is InChI=1S/C17H36O4SSi/c1-7-13-16(15(9-3)17(18)22-14-8-2)23(19-10-4,20-11-5)21-12-6/h15-16H,7-14H2,1-6H3. The first kappa shape index (κ1) is 23.1. The number of hydrogen-bond acceptors (Lipinski definition) is 5. The molecule has 0 radical (unpaired) electrons. The van der Waals surface area contributed by atoms with Crippen LogP contribution in [0.15, 0.2) is 0 Å². The molecular formula is C17H36O4SSi. The summed E-state index contributed by atoms with van der Waals surface area (Å²) in [6, 6.07) is 0. The molecule has 0 amide bonds. The third-order valence-corrected chi connectivity index (χ3v) is 8.64. The highest BCUT2D eigenvalue weighted by atomic mass is 32.2. The monoisotopic (exact) mass is 364 g/mol. The molecule has 0 aromatic heterocycles. The summed E-state index contributed by atoms with van der Waals surface area (Å²) in [4.78, 5) is 12.7. The Kier molecular flexibility index (Phi) is 13.5. The van der Waals surface area contributed by atoms with E-state index in [9.17, 15) is 4.79 Å². The fourth-order valence-corrected chi connectivity index (χ4v) is 7.60. The van der Waals surface area contributed by atoms with E-state index < -0.39 is 8.80 Å². The number of carbonyl (C=O) groups excluding carboxylic acids is 1. The molecule has 0 bridgehead atoms. The molecule has 0 saturated heterocycles. The molecule has 2 unspecified atom stereocenters. The predicted octanol–water partition coefficient (Wildman–Crippen LogP) is 4.90. The SMILES string of the molecule is CCCSC(=O)C(CC)C(CCC)[Si](OCC)(OCC)OCC. The number of hydrogen-bond donors (Lipinski definition) is 0. The lowest BCUT2D eigenvalue weighted by atomic mass is 10.00. The molecule has 2 atom stereocenters. The average molecular weight is 365 g/mol. The van der Waals surface area contributed by atoms with Crippen molar-refractivity contribution < 1.29 is 18.1 Å². The highest BCUT2D eigenvalue weighted by Crippen LogP contribution is 2.40. The van der Waals surface area contributed by atoms with E-state index in [1.165, 1.54) is 11.8 Å². The number of rotatable bonds is 14. The van der Waals surface area contributed by atoms with Gasteiger partial charge in [0, 0.05) is 37.0 Å². The Hall–Kier alpha value is 0.117. The van der Waals surface area contributed by atoms with Crippen LogP contribution in [0, 0.1) is 5.92 Å². The number of thioether (sulfide) groups is 1. The smallest absolute Gasteiger partial charge is 0.374 e. The molecule has 4 nitrogen and oxygen atoms in total. The third kappa shape index (κ3) is 7.26. The van der Waals surface area contributed by atoms with Crippen molar-refractivity contribution in [1.29, 1.82) is 0 Å². The van der Waals surface area contributed by atoms with E-state index in [4.69, 9.17) is 13.3 Å². The Bertz CT molecular complexity index is 298. The van der Waals surface area contributed by atoms with Crippen molar-refractivity contribution in [2.24, 2.45) is 5.92 Å². The van der Waals surface area contributed by atoms with E-state index in [1.807, 2.05) is 20.8 Å². The molecular weight excluding hydrogens is 328 g/mol. The van der Waals surface area contributed by atoms with Crippen LogP contribution in [0.25, 0.3) is 0 Å². The molecule has 0 heterocycles. The topological polar surface area (TPSA) is 44.8 Å². The van der Waals surface area contributed by atoms with Gasteiger partial charge >= 0.3 is 8.80 Å². The maximum absolute atomic E-state index is 12.7. The molecule has 0 N–H and O–H groups in total. The van der Waals surface area contributed by atoms with Gasteiger partial charge in [0.05, 0.1) is 0 Å². The van der Waals surface area contributed by atoms with Gasteiger partial charge in [-0.3, -0.25) is 4.79 Å². The maximum atomic E-state index is 12.7. The summed E-state index contributed by atoms with van der Waals surface area (Å²) >= 11 is 1.45. The van der Waals surface area contributed by atoms with Crippen molar-refractivity contribution in [3.8, 4) is 0 Å². The van der Waals surface area contributed by atoms with Gasteiger partial charge in [0.2, 0.25) is 0 Å². The van der Waals surface area contributed by atoms with Gasteiger partial charge < -0.3 is 13.3 Å². The second-order valence-electron chi connectivity index (χ2n) is 5.48. The molecule has 0 aromatic carbocycles. The van der Waals surface area contributed by atoms with Crippen molar-refractivity contribution in [1.82, 2.24) is 0 Å². The fourth-order valence-electron chi connectivity index (χ4n) is 2.91. The minimum atomic E-state index is -2.87. The summed E-state index contributed by atoms with van der Waals surface area (Å²) in [6.45, 7) is 13.9. The first-order chi connectivity index (χ1) is 11.1. The fraction of sp³-hybridized carbons (Fsp3) is 0.941. The van der Waals surface area contributed by atoms with Gasteiger partial charge in [-0.05, 0) is 40.0 Å². The van der Waals surface area contributed by atoms with Gasteiger partial charge in [-0.15, -0.1) is 0 Å². The zero-order chi connectivity index (χ0) is 17.7. The Morgan fingerprint density at radius 2 is 1.43 bits per heavy atom. The van der Waals surface area contributed by atoms with Crippen LogP contribution in [-0.4, -0.2) is 39.5 Å². The summed E-state index contributed by atoms with van der Waals surface area (Å²) < 4.78 is 18.3. The second-order valence-corrected chi connectivity index (χ2v) is 9.39. The predicted molar refractivity (Wildman–Crippen MR) is 101 cm³/mol. The summed E-state index contributed by atoms with van der Waals surface area (Å²) in [5.41, 5.74) is 0.0502. The van der Waals surface area contributed by atoms with Crippen LogP contribution >= 0.6 is 11.8 Å². The molecule has 6 heteroatoms. The van der Waals surface area contributed by atoms with Gasteiger partial charge in [0.1, 0.15) is 0 Å². The second kappa shape index (κ2) is 13.4. The normalized spacial score (nSPS) is 14.7. The van der Waals surface area contributed by atoms with E-state index in [1.54, 1.807) is 0 Å². The minimum Gasteiger partial charge on any atom is -0.374 e. The summed E-state index contributed by atoms with van der Waals surface area (Å²) in [5.74, 6) is 0.823. The molecule has 0 spiro atoms. The molecule has 138 valence electrons. The Labute approximate surface area is 148 Å². The average Bonchev–Trinajstić information content (AvgIpc) is 2.53. The van der Waals surface area contributed by atoms with Gasteiger partial charge in [-0.2, -0.15) is 0 Å². The van der Waals surface area contributed by atoms with Gasteiger partial charge in [0.25, 0.3) is 0 Å². The van der Waals surface area contributed by atoms with E-state index >= 15 is 0 Å². The van der Waals surface area contributed by atoms with E-state index in [-0.39, 0.29) is 16.6 Å². The lowest BCUT2D eigenvalue weighted by molar-refractivity contribution is -0.115. The van der Waals surface area contributed by atoms with Crippen molar-refractivity contribution in [3.63, 3.8) is 0 Å². The summed E-state index contributed by atoms with van der Waals surface area (Å²) in [7, 11) is -2.87. The molecule has 23 heavy (non-hydrogen) atoms. The highest BCUT2D eigenvalue weighted by Gasteiger charge is 2.53. The van der Waals surface area contributed by atoms with Gasteiger partial charge in [0.15, 0.2) is 5.12 Å².